The first kappa shape index (κ1) is 16.6. The molecule has 0 heterocycles. The molecular weight excluding hydrogens is 270 g/mol. The van der Waals surface area contributed by atoms with Gasteiger partial charge in [-0.1, -0.05) is 12.1 Å². The third-order valence-corrected chi connectivity index (χ3v) is 2.50. The van der Waals surface area contributed by atoms with Gasteiger partial charge >= 0.3 is 5.97 Å². The van der Waals surface area contributed by atoms with Gasteiger partial charge < -0.3 is 14.2 Å². The Bertz CT molecular complexity index is 570. The largest absolute Gasteiger partial charge is 0.492 e. The van der Waals surface area contributed by atoms with Crippen molar-refractivity contribution in [3.8, 4) is 17.6 Å². The fraction of sp³-hybridized carbons (Fsp3) is 0.375. The molecule has 0 spiro atoms. The van der Waals surface area contributed by atoms with Crippen LogP contribution in [0.3, 0.4) is 0 Å². The normalized spacial score (nSPS) is 11.0. The number of hydrogen-bond donors (Lipinski definition) is 0. The highest BCUT2D eigenvalue weighted by Gasteiger charge is 2.15. The van der Waals surface area contributed by atoms with E-state index in [1.807, 2.05) is 13.0 Å². The van der Waals surface area contributed by atoms with Gasteiger partial charge in [-0.25, -0.2) is 4.79 Å². The van der Waals surface area contributed by atoms with E-state index < -0.39 is 5.97 Å². The van der Waals surface area contributed by atoms with Gasteiger partial charge in [0.2, 0.25) is 0 Å². The molecule has 0 saturated carbocycles. The van der Waals surface area contributed by atoms with E-state index in [0.29, 0.717) is 23.7 Å². The van der Waals surface area contributed by atoms with Crippen molar-refractivity contribution in [2.75, 3.05) is 13.7 Å². The van der Waals surface area contributed by atoms with Gasteiger partial charge in [0.25, 0.3) is 0 Å². The molecule has 5 heteroatoms. The van der Waals surface area contributed by atoms with Gasteiger partial charge in [-0.05, 0) is 32.9 Å². The first-order valence-corrected chi connectivity index (χ1v) is 6.66. The summed E-state index contributed by atoms with van der Waals surface area (Å²) in [5.74, 6) is 0.379. The Morgan fingerprint density at radius 3 is 2.67 bits per heavy atom. The first-order chi connectivity index (χ1) is 10.0. The SMILES string of the molecule is CCOc1cccc(/C=C(\C#N)C(=O)OC(C)C)c1OC. The first-order valence-electron chi connectivity index (χ1n) is 6.66. The van der Waals surface area contributed by atoms with Crippen LogP contribution >= 0.6 is 0 Å². The Balaban J connectivity index is 3.20. The highest BCUT2D eigenvalue weighted by molar-refractivity contribution is 5.98. The molecule has 0 atom stereocenters. The fourth-order valence-corrected chi connectivity index (χ4v) is 1.70. The van der Waals surface area contributed by atoms with Crippen molar-refractivity contribution in [3.63, 3.8) is 0 Å². The highest BCUT2D eigenvalue weighted by Crippen LogP contribution is 2.32. The standard InChI is InChI=1S/C16H19NO4/c1-5-20-14-8-6-7-12(15(14)19-4)9-13(10-17)16(18)21-11(2)3/h6-9,11H,5H2,1-4H3/b13-9+. The van der Waals surface area contributed by atoms with Crippen molar-refractivity contribution >= 4 is 12.0 Å². The molecule has 0 aromatic heterocycles. The van der Waals surface area contributed by atoms with E-state index in [2.05, 4.69) is 0 Å². The number of ether oxygens (including phenoxy) is 3. The summed E-state index contributed by atoms with van der Waals surface area (Å²) in [7, 11) is 1.51. The van der Waals surface area contributed by atoms with Gasteiger partial charge in [-0.3, -0.25) is 0 Å². The molecule has 0 radical (unpaired) electrons. The Kier molecular flexibility index (Phi) is 6.28. The zero-order chi connectivity index (χ0) is 15.8. The van der Waals surface area contributed by atoms with Gasteiger partial charge in [0.1, 0.15) is 11.6 Å². The van der Waals surface area contributed by atoms with Gasteiger partial charge in [-0.15, -0.1) is 0 Å². The molecule has 0 bridgehead atoms. The van der Waals surface area contributed by atoms with E-state index in [4.69, 9.17) is 19.5 Å². The Morgan fingerprint density at radius 2 is 2.14 bits per heavy atom. The highest BCUT2D eigenvalue weighted by atomic mass is 16.5. The molecule has 112 valence electrons. The molecule has 0 unspecified atom stereocenters. The summed E-state index contributed by atoms with van der Waals surface area (Å²) in [6.07, 6.45) is 1.15. The number of rotatable bonds is 6. The number of hydrogen-bond acceptors (Lipinski definition) is 5. The molecule has 1 aromatic rings. The molecule has 0 fully saturated rings. The van der Waals surface area contributed by atoms with Crippen LogP contribution in [-0.2, 0) is 9.53 Å². The number of carbonyl (C=O) groups is 1. The van der Waals surface area contributed by atoms with Crippen LogP contribution in [0.2, 0.25) is 0 Å². The predicted molar refractivity (Wildman–Crippen MR) is 79.0 cm³/mol. The van der Waals surface area contributed by atoms with Crippen molar-refractivity contribution in [2.45, 2.75) is 26.9 Å². The van der Waals surface area contributed by atoms with Crippen molar-refractivity contribution in [1.82, 2.24) is 0 Å². The monoisotopic (exact) mass is 289 g/mol. The second-order valence-corrected chi connectivity index (χ2v) is 4.44. The topological polar surface area (TPSA) is 68.5 Å². The Morgan fingerprint density at radius 1 is 1.43 bits per heavy atom. The van der Waals surface area contributed by atoms with Crippen LogP contribution < -0.4 is 9.47 Å². The number of methoxy groups -OCH3 is 1. The Labute approximate surface area is 124 Å². The number of benzene rings is 1. The van der Waals surface area contributed by atoms with E-state index in [1.165, 1.54) is 13.2 Å². The zero-order valence-corrected chi connectivity index (χ0v) is 12.7. The van der Waals surface area contributed by atoms with E-state index in [0.717, 1.165) is 0 Å². The summed E-state index contributed by atoms with van der Waals surface area (Å²) in [4.78, 5) is 11.8. The lowest BCUT2D eigenvalue weighted by atomic mass is 10.1. The zero-order valence-electron chi connectivity index (χ0n) is 12.7. The van der Waals surface area contributed by atoms with Crippen LogP contribution in [0.5, 0.6) is 11.5 Å². The lowest BCUT2D eigenvalue weighted by molar-refractivity contribution is -0.142. The van der Waals surface area contributed by atoms with Gasteiger partial charge in [-0.2, -0.15) is 5.26 Å². The molecule has 5 nitrogen and oxygen atoms in total. The molecule has 0 N–H and O–H groups in total. The second kappa shape index (κ2) is 7.95. The van der Waals surface area contributed by atoms with Crippen LogP contribution in [0, 0.1) is 11.3 Å². The van der Waals surface area contributed by atoms with Crippen molar-refractivity contribution in [2.24, 2.45) is 0 Å². The van der Waals surface area contributed by atoms with Crippen LogP contribution in [0.1, 0.15) is 26.3 Å². The van der Waals surface area contributed by atoms with Crippen molar-refractivity contribution < 1.29 is 19.0 Å². The summed E-state index contributed by atoms with van der Waals surface area (Å²) in [6.45, 7) is 5.80. The Hall–Kier alpha value is -2.48. The average molecular weight is 289 g/mol. The van der Waals surface area contributed by atoms with Gasteiger partial charge in [0, 0.05) is 5.56 Å². The molecule has 0 aliphatic heterocycles. The van der Waals surface area contributed by atoms with Gasteiger partial charge in [0.05, 0.1) is 19.8 Å². The average Bonchev–Trinajstić information content (AvgIpc) is 2.44. The maximum Gasteiger partial charge on any atom is 0.349 e. The maximum atomic E-state index is 11.8. The van der Waals surface area contributed by atoms with Gasteiger partial charge in [0.15, 0.2) is 11.5 Å². The lowest BCUT2D eigenvalue weighted by Crippen LogP contribution is -2.12. The maximum absolute atomic E-state index is 11.8. The van der Waals surface area contributed by atoms with Crippen LogP contribution in [-0.4, -0.2) is 25.8 Å². The number of nitriles is 1. The van der Waals surface area contributed by atoms with E-state index in [9.17, 15) is 4.79 Å². The molecular formula is C16H19NO4. The molecule has 0 amide bonds. The summed E-state index contributed by atoms with van der Waals surface area (Å²) in [5, 5.41) is 9.12. The molecule has 0 aliphatic carbocycles. The third kappa shape index (κ3) is 4.53. The van der Waals surface area contributed by atoms with E-state index >= 15 is 0 Å². The minimum atomic E-state index is -0.656. The van der Waals surface area contributed by atoms with E-state index in [1.54, 1.807) is 32.0 Å². The van der Waals surface area contributed by atoms with Crippen LogP contribution in [0.25, 0.3) is 6.08 Å². The summed E-state index contributed by atoms with van der Waals surface area (Å²) < 4.78 is 15.8. The molecule has 0 aliphatic rings. The number of esters is 1. The van der Waals surface area contributed by atoms with Crippen LogP contribution in [0.15, 0.2) is 23.8 Å². The van der Waals surface area contributed by atoms with Crippen molar-refractivity contribution in [3.05, 3.63) is 29.3 Å². The molecule has 1 aromatic carbocycles. The third-order valence-electron chi connectivity index (χ3n) is 2.50. The number of para-hydroxylation sites is 1. The predicted octanol–water partition coefficient (Wildman–Crippen LogP) is 2.95. The lowest BCUT2D eigenvalue weighted by Gasteiger charge is -2.12. The summed E-state index contributed by atoms with van der Waals surface area (Å²) >= 11 is 0. The van der Waals surface area contributed by atoms with Crippen molar-refractivity contribution in [1.29, 1.82) is 5.26 Å². The smallest absolute Gasteiger partial charge is 0.349 e. The van der Waals surface area contributed by atoms with E-state index in [-0.39, 0.29) is 11.7 Å². The quantitative estimate of drug-likeness (QED) is 0.457. The second-order valence-electron chi connectivity index (χ2n) is 4.44. The summed E-state index contributed by atoms with van der Waals surface area (Å²) in [6, 6.07) is 7.11. The summed E-state index contributed by atoms with van der Waals surface area (Å²) in [5.41, 5.74) is 0.497. The van der Waals surface area contributed by atoms with Crippen LogP contribution in [0.4, 0.5) is 0 Å². The minimum absolute atomic E-state index is 0.0874. The fourth-order valence-electron chi connectivity index (χ4n) is 1.70. The number of nitrogens with zero attached hydrogens (tertiary/aromatic N) is 1. The minimum Gasteiger partial charge on any atom is -0.492 e. The molecule has 0 saturated heterocycles. The molecule has 1 rings (SSSR count). The number of carbonyl (C=O) groups excluding carboxylic acids is 1. The molecule has 21 heavy (non-hydrogen) atoms.